The molecular formula is C15H21ClN2O4. The fourth-order valence-electron chi connectivity index (χ4n) is 2.32. The molecule has 0 saturated carbocycles. The lowest BCUT2D eigenvalue weighted by Crippen LogP contribution is -2.19. The molecule has 0 amide bonds. The van der Waals surface area contributed by atoms with Crippen LogP contribution in [0.15, 0.2) is 18.2 Å². The number of benzene rings is 1. The van der Waals surface area contributed by atoms with Gasteiger partial charge in [0.25, 0.3) is 5.69 Å². The van der Waals surface area contributed by atoms with Crippen molar-refractivity contribution >= 4 is 17.3 Å². The van der Waals surface area contributed by atoms with Gasteiger partial charge in [-0.25, -0.2) is 0 Å². The highest BCUT2D eigenvalue weighted by molar-refractivity contribution is 6.31. The fraction of sp³-hybridized carbons (Fsp3) is 0.600. The highest BCUT2D eigenvalue weighted by Gasteiger charge is 2.14. The molecule has 122 valence electrons. The van der Waals surface area contributed by atoms with Crippen molar-refractivity contribution in [1.82, 2.24) is 5.32 Å². The molecule has 0 aromatic heterocycles. The summed E-state index contributed by atoms with van der Waals surface area (Å²) in [6.45, 7) is 3.46. The van der Waals surface area contributed by atoms with Crippen molar-refractivity contribution in [3.05, 3.63) is 38.9 Å². The van der Waals surface area contributed by atoms with Gasteiger partial charge in [-0.05, 0) is 37.4 Å². The van der Waals surface area contributed by atoms with E-state index in [0.717, 1.165) is 38.0 Å². The van der Waals surface area contributed by atoms with E-state index in [9.17, 15) is 10.1 Å². The monoisotopic (exact) mass is 328 g/mol. The van der Waals surface area contributed by atoms with Crippen LogP contribution >= 0.6 is 11.6 Å². The molecule has 1 aromatic rings. The third-order valence-electron chi connectivity index (χ3n) is 3.53. The molecule has 1 saturated heterocycles. The van der Waals surface area contributed by atoms with Gasteiger partial charge in [0.05, 0.1) is 17.6 Å². The van der Waals surface area contributed by atoms with Gasteiger partial charge < -0.3 is 14.8 Å². The minimum absolute atomic E-state index is 0.0566. The number of nitrogens with one attached hydrogen (secondary N) is 1. The first-order valence-corrected chi connectivity index (χ1v) is 7.87. The molecule has 1 fully saturated rings. The van der Waals surface area contributed by atoms with Crippen LogP contribution < -0.4 is 5.32 Å². The third kappa shape index (κ3) is 5.53. The zero-order chi connectivity index (χ0) is 15.8. The zero-order valence-corrected chi connectivity index (χ0v) is 13.2. The molecule has 1 aliphatic rings. The smallest absolute Gasteiger partial charge is 0.269 e. The molecule has 0 spiro atoms. The molecule has 1 atom stereocenters. The summed E-state index contributed by atoms with van der Waals surface area (Å²) in [4.78, 5) is 10.3. The van der Waals surface area contributed by atoms with Gasteiger partial charge in [0.2, 0.25) is 0 Å². The fourth-order valence-corrected chi connectivity index (χ4v) is 2.51. The summed E-state index contributed by atoms with van der Waals surface area (Å²) < 4.78 is 11.0. The summed E-state index contributed by atoms with van der Waals surface area (Å²) >= 11 is 6.03. The van der Waals surface area contributed by atoms with E-state index in [1.807, 2.05) is 0 Å². The van der Waals surface area contributed by atoms with E-state index in [0.29, 0.717) is 24.8 Å². The first-order chi connectivity index (χ1) is 10.7. The maximum atomic E-state index is 10.7. The quantitative estimate of drug-likeness (QED) is 0.428. The lowest BCUT2D eigenvalue weighted by Gasteiger charge is -2.10. The van der Waals surface area contributed by atoms with Crippen LogP contribution in [0, 0.1) is 10.1 Å². The predicted octanol–water partition coefficient (Wildman–Crippen LogP) is 2.92. The van der Waals surface area contributed by atoms with Gasteiger partial charge >= 0.3 is 0 Å². The van der Waals surface area contributed by atoms with Crippen molar-refractivity contribution in [3.63, 3.8) is 0 Å². The maximum absolute atomic E-state index is 10.7. The van der Waals surface area contributed by atoms with Gasteiger partial charge in [-0.1, -0.05) is 11.6 Å². The average molecular weight is 329 g/mol. The van der Waals surface area contributed by atoms with Crippen LogP contribution in [0.4, 0.5) is 5.69 Å². The van der Waals surface area contributed by atoms with Crippen LogP contribution in [0.25, 0.3) is 0 Å². The van der Waals surface area contributed by atoms with Crippen molar-refractivity contribution in [2.45, 2.75) is 31.9 Å². The van der Waals surface area contributed by atoms with Gasteiger partial charge in [-0.2, -0.15) is 0 Å². The summed E-state index contributed by atoms with van der Waals surface area (Å²) in [6, 6.07) is 4.47. The molecule has 1 heterocycles. The molecule has 1 unspecified atom stereocenters. The lowest BCUT2D eigenvalue weighted by atomic mass is 10.2. The molecule has 1 aliphatic heterocycles. The van der Waals surface area contributed by atoms with Crippen LogP contribution in [-0.4, -0.2) is 37.4 Å². The third-order valence-corrected chi connectivity index (χ3v) is 3.89. The minimum Gasteiger partial charge on any atom is -0.379 e. The Hall–Kier alpha value is -1.21. The SMILES string of the molecule is O=[N+]([O-])c1ccc(Cl)c(CNCCCOCC2CCCO2)c1. The molecular weight excluding hydrogens is 308 g/mol. The van der Waals surface area contributed by atoms with E-state index in [2.05, 4.69) is 5.32 Å². The number of nitrogens with zero attached hydrogens (tertiary/aromatic N) is 1. The highest BCUT2D eigenvalue weighted by Crippen LogP contribution is 2.21. The van der Waals surface area contributed by atoms with E-state index in [1.54, 1.807) is 6.07 Å². The van der Waals surface area contributed by atoms with Crippen molar-refractivity contribution in [1.29, 1.82) is 0 Å². The Kier molecular flexibility index (Phi) is 7.05. The molecule has 0 aliphatic carbocycles. The largest absolute Gasteiger partial charge is 0.379 e. The van der Waals surface area contributed by atoms with E-state index >= 15 is 0 Å². The van der Waals surface area contributed by atoms with E-state index in [1.165, 1.54) is 12.1 Å². The summed E-state index contributed by atoms with van der Waals surface area (Å²) in [6.07, 6.45) is 3.35. The van der Waals surface area contributed by atoms with Crippen LogP contribution in [-0.2, 0) is 16.0 Å². The van der Waals surface area contributed by atoms with Crippen molar-refractivity contribution in [3.8, 4) is 0 Å². The molecule has 7 heteroatoms. The van der Waals surface area contributed by atoms with Gasteiger partial charge in [-0.3, -0.25) is 10.1 Å². The van der Waals surface area contributed by atoms with E-state index < -0.39 is 4.92 Å². The summed E-state index contributed by atoms with van der Waals surface area (Å²) in [7, 11) is 0. The molecule has 2 rings (SSSR count). The number of halogens is 1. The van der Waals surface area contributed by atoms with Crippen LogP contribution in [0.1, 0.15) is 24.8 Å². The normalized spacial score (nSPS) is 17.8. The van der Waals surface area contributed by atoms with Gasteiger partial charge in [0.15, 0.2) is 0 Å². The Morgan fingerprint density at radius 2 is 2.36 bits per heavy atom. The second-order valence-electron chi connectivity index (χ2n) is 5.27. The Bertz CT molecular complexity index is 492. The highest BCUT2D eigenvalue weighted by atomic mass is 35.5. The number of nitro benzene ring substituents is 1. The lowest BCUT2D eigenvalue weighted by molar-refractivity contribution is -0.384. The summed E-state index contributed by atoms with van der Waals surface area (Å²) in [5.41, 5.74) is 0.789. The molecule has 0 bridgehead atoms. The number of hydrogen-bond donors (Lipinski definition) is 1. The number of nitro groups is 1. The Balaban J connectivity index is 1.60. The predicted molar refractivity (Wildman–Crippen MR) is 84.2 cm³/mol. The molecule has 1 N–H and O–H groups in total. The average Bonchev–Trinajstić information content (AvgIpc) is 3.01. The molecule has 0 radical (unpaired) electrons. The summed E-state index contributed by atoms with van der Waals surface area (Å²) in [5, 5.41) is 14.5. The summed E-state index contributed by atoms with van der Waals surface area (Å²) in [5.74, 6) is 0. The second-order valence-corrected chi connectivity index (χ2v) is 5.68. The zero-order valence-electron chi connectivity index (χ0n) is 12.4. The van der Waals surface area contributed by atoms with Crippen molar-refractivity contribution in [2.75, 3.05) is 26.4 Å². The first kappa shape index (κ1) is 17.1. The van der Waals surface area contributed by atoms with Gasteiger partial charge in [-0.15, -0.1) is 0 Å². The van der Waals surface area contributed by atoms with Gasteiger partial charge in [0, 0.05) is 36.9 Å². The topological polar surface area (TPSA) is 73.6 Å². The van der Waals surface area contributed by atoms with Crippen LogP contribution in [0.2, 0.25) is 5.02 Å². The number of non-ortho nitro benzene ring substituents is 1. The van der Waals surface area contributed by atoms with Crippen molar-refractivity contribution in [2.24, 2.45) is 0 Å². The Labute approximate surface area is 134 Å². The molecule has 22 heavy (non-hydrogen) atoms. The molecule has 1 aromatic carbocycles. The van der Waals surface area contributed by atoms with Crippen molar-refractivity contribution < 1.29 is 14.4 Å². The van der Waals surface area contributed by atoms with E-state index in [4.69, 9.17) is 21.1 Å². The molecule has 6 nitrogen and oxygen atoms in total. The van der Waals surface area contributed by atoms with Crippen LogP contribution in [0.5, 0.6) is 0 Å². The Morgan fingerprint density at radius 1 is 1.50 bits per heavy atom. The Morgan fingerprint density at radius 3 is 3.09 bits per heavy atom. The number of ether oxygens (including phenoxy) is 2. The number of hydrogen-bond acceptors (Lipinski definition) is 5. The standard InChI is InChI=1S/C15H21ClN2O4/c16-15-5-4-13(18(19)20)9-12(15)10-17-6-2-7-21-11-14-3-1-8-22-14/h4-5,9,14,17H,1-3,6-8,10-11H2. The maximum Gasteiger partial charge on any atom is 0.269 e. The van der Waals surface area contributed by atoms with Gasteiger partial charge in [0.1, 0.15) is 0 Å². The van der Waals surface area contributed by atoms with Crippen LogP contribution in [0.3, 0.4) is 0 Å². The van der Waals surface area contributed by atoms with E-state index in [-0.39, 0.29) is 11.8 Å². The minimum atomic E-state index is -0.418. The number of rotatable bonds is 9. The second kappa shape index (κ2) is 9.05. The first-order valence-electron chi connectivity index (χ1n) is 7.49.